The van der Waals surface area contributed by atoms with Crippen molar-refractivity contribution in [3.8, 4) is 5.75 Å². The Labute approximate surface area is 167 Å². The number of hydrogen-bond donors (Lipinski definition) is 0. The summed E-state index contributed by atoms with van der Waals surface area (Å²) in [5.41, 5.74) is 6.07. The van der Waals surface area contributed by atoms with Gasteiger partial charge in [0.15, 0.2) is 0 Å². The van der Waals surface area contributed by atoms with Crippen molar-refractivity contribution in [2.45, 2.75) is 19.8 Å². The average molecular weight is 377 g/mol. The van der Waals surface area contributed by atoms with E-state index >= 15 is 0 Å². The quantitative estimate of drug-likeness (QED) is 0.302. The van der Waals surface area contributed by atoms with Crippen LogP contribution in [0.1, 0.15) is 36.5 Å². The van der Waals surface area contributed by atoms with E-state index in [0.29, 0.717) is 5.88 Å². The van der Waals surface area contributed by atoms with Crippen LogP contribution < -0.4 is 4.74 Å². The first kappa shape index (κ1) is 19.3. The third-order valence-corrected chi connectivity index (χ3v) is 4.64. The van der Waals surface area contributed by atoms with Crippen LogP contribution >= 0.6 is 11.6 Å². The highest BCUT2D eigenvalue weighted by atomic mass is 35.5. The summed E-state index contributed by atoms with van der Waals surface area (Å²) in [4.78, 5) is 0. The topological polar surface area (TPSA) is 9.23 Å². The summed E-state index contributed by atoms with van der Waals surface area (Å²) in [7, 11) is 0. The van der Waals surface area contributed by atoms with Crippen LogP contribution in [0.15, 0.2) is 84.9 Å². The number of ether oxygens (including phenoxy) is 1. The van der Waals surface area contributed by atoms with Gasteiger partial charge in [-0.15, -0.1) is 11.6 Å². The Balaban J connectivity index is 2.13. The largest absolute Gasteiger partial charge is 0.494 e. The van der Waals surface area contributed by atoms with Crippen molar-refractivity contribution >= 4 is 22.7 Å². The van der Waals surface area contributed by atoms with Crippen molar-refractivity contribution in [2.24, 2.45) is 0 Å². The van der Waals surface area contributed by atoms with E-state index in [-0.39, 0.29) is 0 Å². The maximum Gasteiger partial charge on any atom is 0.119 e. The highest BCUT2D eigenvalue weighted by Crippen LogP contribution is 2.35. The van der Waals surface area contributed by atoms with E-state index in [1.54, 1.807) is 0 Å². The molecule has 27 heavy (non-hydrogen) atoms. The summed E-state index contributed by atoms with van der Waals surface area (Å²) < 4.78 is 5.75. The van der Waals surface area contributed by atoms with Crippen molar-refractivity contribution in [1.29, 1.82) is 0 Å². The van der Waals surface area contributed by atoms with E-state index in [1.807, 2.05) is 12.1 Å². The third-order valence-electron chi connectivity index (χ3n) is 4.45. The number of hydrogen-bond acceptors (Lipinski definition) is 1. The molecule has 0 radical (unpaired) electrons. The molecule has 1 nitrogen and oxygen atoms in total. The second-order valence-corrected chi connectivity index (χ2v) is 6.78. The lowest BCUT2D eigenvalue weighted by molar-refractivity contribution is 0.317. The van der Waals surface area contributed by atoms with Gasteiger partial charge in [0, 0.05) is 5.88 Å². The Morgan fingerprint density at radius 1 is 0.741 bits per heavy atom. The van der Waals surface area contributed by atoms with Crippen LogP contribution in [0.4, 0.5) is 0 Å². The zero-order valence-corrected chi connectivity index (χ0v) is 16.5. The molecule has 0 fully saturated rings. The predicted molar refractivity (Wildman–Crippen MR) is 116 cm³/mol. The highest BCUT2D eigenvalue weighted by molar-refractivity contribution is 6.18. The minimum atomic E-state index is 0.582. The second kappa shape index (κ2) is 9.99. The molecular weight excluding hydrogens is 352 g/mol. The van der Waals surface area contributed by atoms with Crippen LogP contribution in [0, 0.1) is 0 Å². The smallest absolute Gasteiger partial charge is 0.119 e. The molecule has 138 valence electrons. The summed E-state index contributed by atoms with van der Waals surface area (Å²) >= 11 is 6.19. The zero-order chi connectivity index (χ0) is 18.9. The minimum Gasteiger partial charge on any atom is -0.494 e. The van der Waals surface area contributed by atoms with Crippen molar-refractivity contribution in [2.75, 3.05) is 12.5 Å². The minimum absolute atomic E-state index is 0.582. The highest BCUT2D eigenvalue weighted by Gasteiger charge is 2.14. The zero-order valence-electron chi connectivity index (χ0n) is 15.7. The van der Waals surface area contributed by atoms with E-state index in [2.05, 4.69) is 79.7 Å². The molecule has 0 atom stereocenters. The van der Waals surface area contributed by atoms with Gasteiger partial charge in [-0.1, -0.05) is 79.7 Å². The van der Waals surface area contributed by atoms with Crippen molar-refractivity contribution in [1.82, 2.24) is 0 Å². The van der Waals surface area contributed by atoms with Crippen LogP contribution in [-0.4, -0.2) is 12.5 Å². The van der Waals surface area contributed by atoms with Crippen LogP contribution in [0.5, 0.6) is 5.75 Å². The molecule has 0 heterocycles. The molecule has 0 spiro atoms. The molecule has 3 aromatic rings. The maximum absolute atomic E-state index is 6.19. The van der Waals surface area contributed by atoms with Gasteiger partial charge in [-0.05, 0) is 52.8 Å². The summed E-state index contributed by atoms with van der Waals surface area (Å²) in [6.45, 7) is 2.85. The molecule has 3 aromatic carbocycles. The Morgan fingerprint density at radius 2 is 1.30 bits per heavy atom. The van der Waals surface area contributed by atoms with E-state index in [9.17, 15) is 0 Å². The second-order valence-electron chi connectivity index (χ2n) is 6.40. The standard InChI is InChI=1S/C25H25ClO/c1-2-19-27-23-15-13-22(14-16-23)25(21-11-7-4-8-12-21)24(17-18-26)20-9-5-3-6-10-20/h3-16H,2,17-19H2,1H3/b25-24+. The molecular formula is C25H25ClO. The molecule has 0 unspecified atom stereocenters. The van der Waals surface area contributed by atoms with E-state index < -0.39 is 0 Å². The number of allylic oxidation sites excluding steroid dienone is 1. The van der Waals surface area contributed by atoms with Gasteiger partial charge in [0.25, 0.3) is 0 Å². The monoisotopic (exact) mass is 376 g/mol. The number of benzene rings is 3. The Morgan fingerprint density at radius 3 is 1.85 bits per heavy atom. The molecule has 0 aliphatic carbocycles. The number of rotatable bonds is 8. The average Bonchev–Trinajstić information content (AvgIpc) is 2.74. The fourth-order valence-corrected chi connectivity index (χ4v) is 3.39. The van der Waals surface area contributed by atoms with E-state index in [4.69, 9.17) is 16.3 Å². The molecule has 0 saturated heterocycles. The van der Waals surface area contributed by atoms with Crippen LogP contribution in [0.25, 0.3) is 11.1 Å². The van der Waals surface area contributed by atoms with Crippen LogP contribution in [0.3, 0.4) is 0 Å². The Hall–Kier alpha value is -2.51. The molecule has 0 bridgehead atoms. The Kier molecular flexibility index (Phi) is 7.12. The molecule has 0 aliphatic heterocycles. The fraction of sp³-hybridized carbons (Fsp3) is 0.200. The van der Waals surface area contributed by atoms with Crippen molar-refractivity contribution in [3.05, 3.63) is 102 Å². The fourth-order valence-electron chi connectivity index (χ4n) is 3.21. The van der Waals surface area contributed by atoms with E-state index in [0.717, 1.165) is 25.2 Å². The molecule has 0 N–H and O–H groups in total. The van der Waals surface area contributed by atoms with Crippen LogP contribution in [-0.2, 0) is 0 Å². The van der Waals surface area contributed by atoms with Gasteiger partial charge >= 0.3 is 0 Å². The van der Waals surface area contributed by atoms with Crippen molar-refractivity contribution < 1.29 is 4.74 Å². The predicted octanol–water partition coefficient (Wildman–Crippen LogP) is 7.06. The maximum atomic E-state index is 6.19. The molecule has 0 aliphatic rings. The first-order valence-corrected chi connectivity index (χ1v) is 10.00. The van der Waals surface area contributed by atoms with Gasteiger partial charge in [-0.2, -0.15) is 0 Å². The number of alkyl halides is 1. The molecule has 0 saturated carbocycles. The lowest BCUT2D eigenvalue weighted by Crippen LogP contribution is -1.98. The summed E-state index contributed by atoms with van der Waals surface area (Å²) in [5.74, 6) is 1.49. The lowest BCUT2D eigenvalue weighted by atomic mass is 9.88. The number of halogens is 1. The summed E-state index contributed by atoms with van der Waals surface area (Å²) in [5, 5.41) is 0. The van der Waals surface area contributed by atoms with Gasteiger partial charge in [0.2, 0.25) is 0 Å². The molecule has 0 amide bonds. The summed E-state index contributed by atoms with van der Waals surface area (Å²) in [6.07, 6.45) is 1.81. The Bertz CT molecular complexity index is 852. The molecule has 3 rings (SSSR count). The molecule has 0 aromatic heterocycles. The van der Waals surface area contributed by atoms with Crippen LogP contribution in [0.2, 0.25) is 0 Å². The summed E-state index contributed by atoms with van der Waals surface area (Å²) in [6, 6.07) is 29.4. The van der Waals surface area contributed by atoms with Gasteiger partial charge in [0.1, 0.15) is 5.75 Å². The lowest BCUT2D eigenvalue weighted by Gasteiger charge is -2.17. The SMILES string of the molecule is CCCOc1ccc(/C(=C(\CCCl)c2ccccc2)c2ccccc2)cc1. The van der Waals surface area contributed by atoms with Crippen molar-refractivity contribution in [3.63, 3.8) is 0 Å². The third kappa shape index (κ3) is 5.02. The van der Waals surface area contributed by atoms with Gasteiger partial charge in [-0.25, -0.2) is 0 Å². The van der Waals surface area contributed by atoms with Gasteiger partial charge in [0.05, 0.1) is 6.61 Å². The van der Waals surface area contributed by atoms with Gasteiger partial charge in [-0.3, -0.25) is 0 Å². The van der Waals surface area contributed by atoms with Gasteiger partial charge < -0.3 is 4.74 Å². The normalized spacial score (nSPS) is 11.8. The first-order valence-electron chi connectivity index (χ1n) is 9.46. The van der Waals surface area contributed by atoms with E-state index in [1.165, 1.54) is 27.8 Å². The first-order chi connectivity index (χ1) is 13.3. The molecule has 2 heteroatoms.